The van der Waals surface area contributed by atoms with E-state index in [4.69, 9.17) is 0 Å². The zero-order valence-electron chi connectivity index (χ0n) is 18.0. The summed E-state index contributed by atoms with van der Waals surface area (Å²) in [7, 11) is 0. The maximum absolute atomic E-state index is 13.1. The third kappa shape index (κ3) is 5.31. The van der Waals surface area contributed by atoms with Crippen LogP contribution >= 0.6 is 0 Å². The molecule has 33 heavy (non-hydrogen) atoms. The maximum atomic E-state index is 13.1. The lowest BCUT2D eigenvalue weighted by Crippen LogP contribution is -2.40. The molecule has 1 aromatic heterocycles. The van der Waals surface area contributed by atoms with E-state index in [0.717, 1.165) is 31.6 Å². The highest BCUT2D eigenvalue weighted by molar-refractivity contribution is 5.92. The largest absolute Gasteiger partial charge is 0.416 e. The number of aromatic nitrogens is 2. The molecule has 1 amide bonds. The molecule has 0 spiro atoms. The molecule has 0 bridgehead atoms. The molecule has 0 unspecified atom stereocenters. The first-order valence-electron chi connectivity index (χ1n) is 10.6. The highest BCUT2D eigenvalue weighted by Crippen LogP contribution is 2.30. The average molecular weight is 456 g/mol. The van der Waals surface area contributed by atoms with Crippen molar-refractivity contribution in [1.29, 1.82) is 0 Å². The van der Waals surface area contributed by atoms with Gasteiger partial charge in [0.1, 0.15) is 0 Å². The van der Waals surface area contributed by atoms with Gasteiger partial charge in [-0.3, -0.25) is 14.5 Å². The van der Waals surface area contributed by atoms with Crippen LogP contribution in [0.2, 0.25) is 0 Å². The Hall–Kier alpha value is -3.46. The van der Waals surface area contributed by atoms with Crippen molar-refractivity contribution in [2.24, 2.45) is 0 Å². The number of nitrogens with one attached hydrogen (secondary N) is 1. The van der Waals surface area contributed by atoms with Crippen LogP contribution in [-0.4, -0.2) is 39.7 Å². The Bertz CT molecular complexity index is 1210. The van der Waals surface area contributed by atoms with Gasteiger partial charge >= 0.3 is 6.18 Å². The van der Waals surface area contributed by atoms with Crippen molar-refractivity contribution in [3.63, 3.8) is 0 Å². The van der Waals surface area contributed by atoms with Crippen LogP contribution in [0.4, 0.5) is 13.2 Å². The second kappa shape index (κ2) is 9.19. The smallest absolute Gasteiger partial charge is 0.346 e. The van der Waals surface area contributed by atoms with E-state index in [0.29, 0.717) is 12.2 Å². The van der Waals surface area contributed by atoms with Crippen LogP contribution in [0.25, 0.3) is 5.69 Å². The summed E-state index contributed by atoms with van der Waals surface area (Å²) >= 11 is 0. The predicted molar refractivity (Wildman–Crippen MR) is 117 cm³/mol. The van der Waals surface area contributed by atoms with Crippen LogP contribution in [0.1, 0.15) is 33.7 Å². The Kier molecular flexibility index (Phi) is 6.33. The number of aryl methyl sites for hydroxylation is 1. The summed E-state index contributed by atoms with van der Waals surface area (Å²) < 4.78 is 40.5. The molecule has 2 heterocycles. The first kappa shape index (κ1) is 22.7. The molecule has 172 valence electrons. The highest BCUT2D eigenvalue weighted by atomic mass is 19.4. The first-order chi connectivity index (χ1) is 15.7. The molecule has 0 radical (unpaired) electrons. The number of carbonyl (C=O) groups is 1. The summed E-state index contributed by atoms with van der Waals surface area (Å²) in [4.78, 5) is 27.5. The van der Waals surface area contributed by atoms with E-state index in [9.17, 15) is 22.8 Å². The quantitative estimate of drug-likeness (QED) is 0.638. The summed E-state index contributed by atoms with van der Waals surface area (Å²) in [5.41, 5.74) is -0.145. The molecule has 3 aromatic rings. The maximum Gasteiger partial charge on any atom is 0.416 e. The monoisotopic (exact) mass is 456 g/mol. The van der Waals surface area contributed by atoms with Gasteiger partial charge in [0.25, 0.3) is 5.91 Å². The topological polar surface area (TPSA) is 67.2 Å². The fourth-order valence-corrected chi connectivity index (χ4v) is 3.97. The van der Waals surface area contributed by atoms with Crippen LogP contribution in [0.5, 0.6) is 0 Å². The Morgan fingerprint density at radius 2 is 1.88 bits per heavy atom. The molecule has 1 atom stereocenters. The Morgan fingerprint density at radius 3 is 2.61 bits per heavy atom. The zero-order chi connectivity index (χ0) is 23.6. The number of amides is 1. The van der Waals surface area contributed by atoms with Crippen molar-refractivity contribution in [2.75, 3.05) is 13.1 Å². The molecule has 1 aliphatic heterocycles. The van der Waals surface area contributed by atoms with Gasteiger partial charge in [0.15, 0.2) is 5.69 Å². The van der Waals surface area contributed by atoms with Crippen molar-refractivity contribution in [1.82, 2.24) is 20.0 Å². The third-order valence-electron chi connectivity index (χ3n) is 5.60. The van der Waals surface area contributed by atoms with Crippen LogP contribution < -0.4 is 10.7 Å². The minimum absolute atomic E-state index is 0.117. The lowest BCUT2D eigenvalue weighted by Gasteiger charge is -2.17. The van der Waals surface area contributed by atoms with Gasteiger partial charge in [0, 0.05) is 37.4 Å². The molecule has 9 heteroatoms. The van der Waals surface area contributed by atoms with E-state index in [-0.39, 0.29) is 17.4 Å². The minimum Gasteiger partial charge on any atom is -0.346 e. The molecule has 1 saturated heterocycles. The molecule has 2 aromatic carbocycles. The lowest BCUT2D eigenvalue weighted by atomic mass is 10.2. The van der Waals surface area contributed by atoms with Crippen molar-refractivity contribution in [3.8, 4) is 5.69 Å². The number of carbonyl (C=O) groups excluding carboxylic acids is 1. The highest BCUT2D eigenvalue weighted by Gasteiger charge is 2.31. The molecule has 6 nitrogen and oxygen atoms in total. The SMILES string of the molecule is Cc1cc(=O)c(C(=O)N[C@@H]2CCN(Cc3ccccc3)C2)nn1-c1cccc(C(F)(F)F)c1. The van der Waals surface area contributed by atoms with Crippen LogP contribution in [0.15, 0.2) is 65.5 Å². The van der Waals surface area contributed by atoms with Gasteiger partial charge in [-0.15, -0.1) is 0 Å². The number of likely N-dealkylation sites (tertiary alicyclic amines) is 1. The van der Waals surface area contributed by atoms with E-state index < -0.39 is 23.1 Å². The number of benzene rings is 2. The number of hydrogen-bond donors (Lipinski definition) is 1. The third-order valence-corrected chi connectivity index (χ3v) is 5.60. The molecule has 1 N–H and O–H groups in total. The summed E-state index contributed by atoms with van der Waals surface area (Å²) in [6.07, 6.45) is -3.79. The molecular weight excluding hydrogens is 433 g/mol. The molecular formula is C24H23F3N4O2. The van der Waals surface area contributed by atoms with E-state index in [1.165, 1.54) is 28.4 Å². The zero-order valence-corrected chi connectivity index (χ0v) is 18.0. The number of alkyl halides is 3. The lowest BCUT2D eigenvalue weighted by molar-refractivity contribution is -0.137. The van der Waals surface area contributed by atoms with E-state index in [1.807, 2.05) is 30.3 Å². The van der Waals surface area contributed by atoms with E-state index >= 15 is 0 Å². The van der Waals surface area contributed by atoms with E-state index in [2.05, 4.69) is 15.3 Å². The summed E-state index contributed by atoms with van der Waals surface area (Å²) in [6.45, 7) is 3.75. The van der Waals surface area contributed by atoms with Gasteiger partial charge in [-0.1, -0.05) is 36.4 Å². The molecule has 1 fully saturated rings. The van der Waals surface area contributed by atoms with Gasteiger partial charge in [-0.05, 0) is 37.1 Å². The Balaban J connectivity index is 1.50. The molecule has 0 aliphatic carbocycles. The second-order valence-electron chi connectivity index (χ2n) is 8.14. The normalized spacial score (nSPS) is 16.7. The second-order valence-corrected chi connectivity index (χ2v) is 8.14. The average Bonchev–Trinajstić information content (AvgIpc) is 3.20. The summed E-state index contributed by atoms with van der Waals surface area (Å²) in [6, 6.07) is 15.6. The predicted octanol–water partition coefficient (Wildman–Crippen LogP) is 3.56. The van der Waals surface area contributed by atoms with Crippen molar-refractivity contribution in [2.45, 2.75) is 32.1 Å². The minimum atomic E-state index is -4.52. The van der Waals surface area contributed by atoms with Gasteiger partial charge in [-0.2, -0.15) is 18.3 Å². The summed E-state index contributed by atoms with van der Waals surface area (Å²) in [5, 5.41) is 6.95. The van der Waals surface area contributed by atoms with E-state index in [1.54, 1.807) is 6.92 Å². The number of nitrogens with zero attached hydrogens (tertiary/aromatic N) is 3. The van der Waals surface area contributed by atoms with Gasteiger partial charge < -0.3 is 5.32 Å². The van der Waals surface area contributed by atoms with Crippen molar-refractivity contribution in [3.05, 3.63) is 93.4 Å². The van der Waals surface area contributed by atoms with Gasteiger partial charge in [0.2, 0.25) is 5.43 Å². The van der Waals surface area contributed by atoms with Crippen molar-refractivity contribution >= 4 is 5.91 Å². The molecule has 1 aliphatic rings. The van der Waals surface area contributed by atoms with Crippen LogP contribution in [0.3, 0.4) is 0 Å². The molecule has 4 rings (SSSR count). The van der Waals surface area contributed by atoms with Gasteiger partial charge in [0.05, 0.1) is 11.3 Å². The number of hydrogen-bond acceptors (Lipinski definition) is 4. The van der Waals surface area contributed by atoms with Gasteiger partial charge in [-0.25, -0.2) is 4.68 Å². The fourth-order valence-electron chi connectivity index (χ4n) is 3.97. The fraction of sp³-hybridized carbons (Fsp3) is 0.292. The number of halogens is 3. The summed E-state index contributed by atoms with van der Waals surface area (Å²) in [5.74, 6) is -0.632. The standard InChI is InChI=1S/C24H23F3N4O2/c1-16-12-21(32)22(29-31(16)20-9-5-8-18(13-20)24(25,26)27)23(33)28-19-10-11-30(15-19)14-17-6-3-2-4-7-17/h2-9,12-13,19H,10-11,14-15H2,1H3,(H,28,33)/t19-/m1/s1. The van der Waals surface area contributed by atoms with Crippen LogP contribution in [-0.2, 0) is 12.7 Å². The van der Waals surface area contributed by atoms with Crippen LogP contribution in [0, 0.1) is 6.92 Å². The Morgan fingerprint density at radius 1 is 1.12 bits per heavy atom. The number of rotatable bonds is 5. The Labute approximate surface area is 188 Å². The van der Waals surface area contributed by atoms with Crippen molar-refractivity contribution < 1.29 is 18.0 Å². The first-order valence-corrected chi connectivity index (χ1v) is 10.6. The molecule has 0 saturated carbocycles.